The molecule has 2 aromatic heterocycles. The molecule has 0 atom stereocenters. The molecule has 0 spiro atoms. The van der Waals surface area contributed by atoms with E-state index in [1.165, 1.54) is 27.7 Å². The molecule has 0 N–H and O–H groups in total. The van der Waals surface area contributed by atoms with Gasteiger partial charge in [-0.25, -0.2) is 0 Å². The van der Waals surface area contributed by atoms with Gasteiger partial charge in [0.25, 0.3) is 0 Å². The van der Waals surface area contributed by atoms with E-state index < -0.39 is 0 Å². The maximum atomic E-state index is 4.24. The second kappa shape index (κ2) is 6.16. The van der Waals surface area contributed by atoms with E-state index in [2.05, 4.69) is 58.3 Å². The van der Waals surface area contributed by atoms with E-state index in [0.717, 1.165) is 38.2 Å². The first-order chi connectivity index (χ1) is 11.7. The number of allylic oxidation sites excluding steroid dienone is 1. The fourth-order valence-electron chi connectivity index (χ4n) is 3.77. The number of para-hydroxylation sites is 1. The summed E-state index contributed by atoms with van der Waals surface area (Å²) in [6, 6.07) is 13.0. The molecule has 0 saturated heterocycles. The van der Waals surface area contributed by atoms with Gasteiger partial charge in [0.05, 0.1) is 0 Å². The summed E-state index contributed by atoms with van der Waals surface area (Å²) in [6.07, 6.45) is 5.91. The second-order valence-electron chi connectivity index (χ2n) is 6.61. The molecule has 0 amide bonds. The van der Waals surface area contributed by atoms with E-state index in [0.29, 0.717) is 0 Å². The van der Waals surface area contributed by atoms with E-state index in [1.54, 1.807) is 0 Å². The van der Waals surface area contributed by atoms with Gasteiger partial charge >= 0.3 is 0 Å². The van der Waals surface area contributed by atoms with Crippen molar-refractivity contribution in [2.75, 3.05) is 6.54 Å². The molecule has 0 fully saturated rings. The Hall–Kier alpha value is -2.55. The van der Waals surface area contributed by atoms with Gasteiger partial charge in [0.1, 0.15) is 0 Å². The van der Waals surface area contributed by atoms with Crippen LogP contribution in [0.25, 0.3) is 10.9 Å². The number of rotatable bonds is 4. The van der Waals surface area contributed by atoms with Gasteiger partial charge in [0.15, 0.2) is 0 Å². The summed E-state index contributed by atoms with van der Waals surface area (Å²) < 4.78 is 2.52. The lowest BCUT2D eigenvalue weighted by atomic mass is 10.0. The molecule has 0 unspecified atom stereocenters. The smallest absolute Gasteiger partial charge is 0.0486 e. The van der Waals surface area contributed by atoms with Crippen LogP contribution in [-0.2, 0) is 25.9 Å². The predicted octanol–water partition coefficient (Wildman–Crippen LogP) is 4.17. The molecule has 0 radical (unpaired) electrons. The van der Waals surface area contributed by atoms with Gasteiger partial charge in [-0.05, 0) is 31.0 Å². The van der Waals surface area contributed by atoms with Crippen LogP contribution in [0.1, 0.15) is 23.7 Å². The van der Waals surface area contributed by atoms with Crippen LogP contribution in [-0.4, -0.2) is 21.0 Å². The molecular formula is C21H23N3. The molecular weight excluding hydrogens is 294 g/mol. The van der Waals surface area contributed by atoms with Crippen molar-refractivity contribution in [3.63, 3.8) is 0 Å². The topological polar surface area (TPSA) is 21.1 Å². The van der Waals surface area contributed by atoms with Crippen molar-refractivity contribution < 1.29 is 0 Å². The highest BCUT2D eigenvalue weighted by molar-refractivity contribution is 5.85. The molecule has 3 aromatic rings. The van der Waals surface area contributed by atoms with Crippen LogP contribution < -0.4 is 0 Å². The minimum Gasteiger partial charge on any atom is -0.371 e. The molecule has 1 aromatic carbocycles. The van der Waals surface area contributed by atoms with Crippen LogP contribution in [0, 0.1) is 0 Å². The number of pyridine rings is 1. The molecule has 122 valence electrons. The summed E-state index contributed by atoms with van der Waals surface area (Å²) in [5.74, 6) is 0. The molecule has 0 aliphatic carbocycles. The predicted molar refractivity (Wildman–Crippen MR) is 98.8 cm³/mol. The van der Waals surface area contributed by atoms with Crippen molar-refractivity contribution >= 4 is 10.9 Å². The van der Waals surface area contributed by atoms with Gasteiger partial charge in [-0.15, -0.1) is 0 Å². The number of aryl methyl sites for hydroxylation is 2. The molecule has 4 rings (SSSR count). The number of benzene rings is 1. The van der Waals surface area contributed by atoms with E-state index in [1.807, 2.05) is 18.5 Å². The molecule has 24 heavy (non-hydrogen) atoms. The van der Waals surface area contributed by atoms with Crippen molar-refractivity contribution in [1.29, 1.82) is 0 Å². The highest BCUT2D eigenvalue weighted by atomic mass is 15.1. The lowest BCUT2D eigenvalue weighted by Crippen LogP contribution is -2.29. The Morgan fingerprint density at radius 2 is 2.08 bits per heavy atom. The Morgan fingerprint density at radius 3 is 2.88 bits per heavy atom. The lowest BCUT2D eigenvalue weighted by molar-refractivity contribution is 0.320. The van der Waals surface area contributed by atoms with Gasteiger partial charge in [0, 0.05) is 66.3 Å². The lowest BCUT2D eigenvalue weighted by Gasteiger charge is -2.30. The summed E-state index contributed by atoms with van der Waals surface area (Å²) in [6.45, 7) is 9.28. The van der Waals surface area contributed by atoms with Crippen LogP contribution in [0.3, 0.4) is 0 Å². The van der Waals surface area contributed by atoms with Gasteiger partial charge in [-0.3, -0.25) is 4.98 Å². The third-order valence-electron chi connectivity index (χ3n) is 5.05. The van der Waals surface area contributed by atoms with Gasteiger partial charge < -0.3 is 9.47 Å². The van der Waals surface area contributed by atoms with E-state index in [9.17, 15) is 0 Å². The third kappa shape index (κ3) is 2.60. The Morgan fingerprint density at radius 1 is 1.21 bits per heavy atom. The van der Waals surface area contributed by atoms with E-state index in [4.69, 9.17) is 0 Å². The highest BCUT2D eigenvalue weighted by Crippen LogP contribution is 2.32. The fourth-order valence-corrected chi connectivity index (χ4v) is 3.77. The minimum atomic E-state index is 0.977. The average molecular weight is 317 g/mol. The zero-order valence-corrected chi connectivity index (χ0v) is 14.2. The molecule has 0 saturated carbocycles. The Bertz CT molecular complexity index is 877. The number of hydrogen-bond donors (Lipinski definition) is 0. The fraction of sp³-hybridized carbons (Fsp3) is 0.286. The second-order valence-corrected chi connectivity index (χ2v) is 6.61. The van der Waals surface area contributed by atoms with Crippen molar-refractivity contribution in [3.05, 3.63) is 77.9 Å². The van der Waals surface area contributed by atoms with Crippen LogP contribution in [0.15, 0.2) is 61.1 Å². The van der Waals surface area contributed by atoms with Gasteiger partial charge in [0.2, 0.25) is 0 Å². The Labute approximate surface area is 143 Å². The van der Waals surface area contributed by atoms with Gasteiger partial charge in [-0.2, -0.15) is 0 Å². The minimum absolute atomic E-state index is 0.977. The SMILES string of the molecule is C=C(C)N1CCc2c(c3ccccc3n2CCc2cccnc2)C1. The normalized spacial score (nSPS) is 14.0. The zero-order valence-electron chi connectivity index (χ0n) is 14.2. The van der Waals surface area contributed by atoms with Crippen LogP contribution in [0.2, 0.25) is 0 Å². The summed E-state index contributed by atoms with van der Waals surface area (Å²) >= 11 is 0. The van der Waals surface area contributed by atoms with Crippen LogP contribution >= 0.6 is 0 Å². The first-order valence-corrected chi connectivity index (χ1v) is 8.62. The van der Waals surface area contributed by atoms with E-state index in [-0.39, 0.29) is 0 Å². The van der Waals surface area contributed by atoms with Gasteiger partial charge in [-0.1, -0.05) is 30.8 Å². The summed E-state index contributed by atoms with van der Waals surface area (Å²) in [5.41, 5.74) is 6.79. The average Bonchev–Trinajstić information content (AvgIpc) is 2.94. The zero-order chi connectivity index (χ0) is 16.5. The molecule has 3 nitrogen and oxygen atoms in total. The number of nitrogens with zero attached hydrogens (tertiary/aromatic N) is 3. The molecule has 1 aliphatic heterocycles. The maximum absolute atomic E-state index is 4.24. The maximum Gasteiger partial charge on any atom is 0.0486 e. The first kappa shape index (κ1) is 15.0. The standard InChI is InChI=1S/C21H23N3/c1-16(2)23-12-10-21-19(15-23)18-7-3-4-8-20(18)24(21)13-9-17-6-5-11-22-14-17/h3-8,11,14H,1,9-10,12-13,15H2,2H3. The van der Waals surface area contributed by atoms with Crippen molar-refractivity contribution in [1.82, 2.24) is 14.5 Å². The largest absolute Gasteiger partial charge is 0.371 e. The van der Waals surface area contributed by atoms with Crippen LogP contribution in [0.5, 0.6) is 0 Å². The molecule has 3 heteroatoms. The quantitative estimate of drug-likeness (QED) is 0.720. The third-order valence-corrected chi connectivity index (χ3v) is 5.05. The Kier molecular flexibility index (Phi) is 3.85. The van der Waals surface area contributed by atoms with E-state index >= 15 is 0 Å². The first-order valence-electron chi connectivity index (χ1n) is 8.62. The number of fused-ring (bicyclic) bond motifs is 3. The number of hydrogen-bond acceptors (Lipinski definition) is 2. The summed E-state index contributed by atoms with van der Waals surface area (Å²) in [5, 5.41) is 1.39. The summed E-state index contributed by atoms with van der Waals surface area (Å²) in [4.78, 5) is 6.63. The highest BCUT2D eigenvalue weighted by Gasteiger charge is 2.23. The Balaban J connectivity index is 1.72. The van der Waals surface area contributed by atoms with Crippen LogP contribution in [0.4, 0.5) is 0 Å². The molecule has 1 aliphatic rings. The van der Waals surface area contributed by atoms with Crippen molar-refractivity contribution in [3.8, 4) is 0 Å². The molecule has 3 heterocycles. The van der Waals surface area contributed by atoms with Crippen molar-refractivity contribution in [2.45, 2.75) is 32.9 Å². The molecule has 0 bridgehead atoms. The summed E-state index contributed by atoms with van der Waals surface area (Å²) in [7, 11) is 0. The number of aromatic nitrogens is 2. The monoisotopic (exact) mass is 317 g/mol. The van der Waals surface area contributed by atoms with Crippen molar-refractivity contribution in [2.24, 2.45) is 0 Å².